The van der Waals surface area contributed by atoms with E-state index in [1.165, 1.54) is 38.5 Å². The molecule has 1 atom stereocenters. The van der Waals surface area contributed by atoms with Crippen molar-refractivity contribution in [2.24, 2.45) is 0 Å². The van der Waals surface area contributed by atoms with Crippen LogP contribution in [0.5, 0.6) is 0 Å². The van der Waals surface area contributed by atoms with Crippen LogP contribution in [0.1, 0.15) is 96.8 Å². The van der Waals surface area contributed by atoms with Crippen molar-refractivity contribution in [2.75, 3.05) is 12.4 Å². The van der Waals surface area contributed by atoms with Crippen LogP contribution in [0.15, 0.2) is 0 Å². The molecule has 8 nitrogen and oxygen atoms in total. The van der Waals surface area contributed by atoms with Gasteiger partial charge < -0.3 is 19.7 Å². The Labute approximate surface area is 203 Å². The Balaban J connectivity index is 0. The van der Waals surface area contributed by atoms with Crippen molar-refractivity contribution in [1.82, 2.24) is 0 Å². The van der Waals surface area contributed by atoms with Gasteiger partial charge in [-0.05, 0) is 19.3 Å². The average Bonchev–Trinajstić information content (AvgIpc) is 2.61. The first-order chi connectivity index (χ1) is 13.6. The van der Waals surface area contributed by atoms with Crippen LogP contribution in [-0.4, -0.2) is 48.0 Å². The number of esters is 1. The van der Waals surface area contributed by atoms with Gasteiger partial charge in [0.05, 0.1) is 12.4 Å². The standard InChI is InChI=1S/C20H38O8S.Na/c1-2-3-4-5-6-7-8-9-10-11-12-14-20(24,17-18(21)22)19(23)28-15-13-16-29(25,26)27;/h24H,2-17H2,1H3,(H,21,22)(H,25,26,27);/q;+1/p-1. The summed E-state index contributed by atoms with van der Waals surface area (Å²) in [6.45, 7) is 1.85. The summed E-state index contributed by atoms with van der Waals surface area (Å²) in [7, 11) is -4.17. The molecule has 0 fully saturated rings. The predicted octanol–water partition coefficient (Wildman–Crippen LogP) is -0.616. The van der Waals surface area contributed by atoms with Crippen LogP contribution in [-0.2, 0) is 24.4 Å². The first-order valence-corrected chi connectivity index (χ1v) is 12.3. The zero-order valence-electron chi connectivity index (χ0n) is 18.6. The van der Waals surface area contributed by atoms with Crippen molar-refractivity contribution in [3.8, 4) is 0 Å². The summed E-state index contributed by atoms with van der Waals surface area (Å²) < 4.78 is 34.7. The third-order valence-corrected chi connectivity index (χ3v) is 5.60. The Morgan fingerprint density at radius 2 is 1.37 bits per heavy atom. The second-order valence-electron chi connectivity index (χ2n) is 7.64. The number of aliphatic hydroxyl groups is 1. The number of carbonyl (C=O) groups excluding carboxylic acids is 2. The normalized spacial score (nSPS) is 13.3. The Bertz CT molecular complexity index is 567. The summed E-state index contributed by atoms with van der Waals surface area (Å²) in [6.07, 6.45) is 10.8. The summed E-state index contributed by atoms with van der Waals surface area (Å²) >= 11 is 0. The van der Waals surface area contributed by atoms with Crippen LogP contribution < -0.4 is 34.7 Å². The van der Waals surface area contributed by atoms with Gasteiger partial charge in [-0.25, -0.2) is 4.79 Å². The van der Waals surface area contributed by atoms with Gasteiger partial charge >= 0.3 is 35.5 Å². The van der Waals surface area contributed by atoms with E-state index in [4.69, 9.17) is 9.29 Å². The molecule has 0 amide bonds. The van der Waals surface area contributed by atoms with Gasteiger partial charge in [-0.2, -0.15) is 8.42 Å². The van der Waals surface area contributed by atoms with Gasteiger partial charge in [-0.15, -0.1) is 0 Å². The second kappa shape index (κ2) is 18.4. The molecular weight excluding hydrogens is 423 g/mol. The number of aliphatic carboxylic acids is 1. The van der Waals surface area contributed by atoms with E-state index in [2.05, 4.69) is 6.92 Å². The number of rotatable bonds is 19. The van der Waals surface area contributed by atoms with Gasteiger partial charge in [-0.1, -0.05) is 71.1 Å². The monoisotopic (exact) mass is 460 g/mol. The van der Waals surface area contributed by atoms with E-state index in [-0.39, 0.29) is 49.0 Å². The van der Waals surface area contributed by atoms with Crippen LogP contribution in [0, 0.1) is 0 Å². The molecule has 0 heterocycles. The van der Waals surface area contributed by atoms with Crippen molar-refractivity contribution in [3.05, 3.63) is 0 Å². The number of carbonyl (C=O) groups is 2. The SMILES string of the molecule is CCCCCCCCCCCCCC(O)(CC(=O)[O-])C(=O)OCCCS(=O)(=O)O.[Na+]. The van der Waals surface area contributed by atoms with Crippen molar-refractivity contribution in [2.45, 2.75) is 102 Å². The van der Waals surface area contributed by atoms with Crippen molar-refractivity contribution in [1.29, 1.82) is 0 Å². The Morgan fingerprint density at radius 1 is 0.900 bits per heavy atom. The molecule has 0 bridgehead atoms. The third-order valence-electron chi connectivity index (χ3n) is 4.79. The van der Waals surface area contributed by atoms with Crippen molar-refractivity contribution < 1.29 is 67.1 Å². The van der Waals surface area contributed by atoms with E-state index < -0.39 is 39.8 Å². The molecule has 2 N–H and O–H groups in total. The summed E-state index contributed by atoms with van der Waals surface area (Å²) in [5.74, 6) is -3.26. The summed E-state index contributed by atoms with van der Waals surface area (Å²) in [5.41, 5.74) is -2.18. The molecule has 1 unspecified atom stereocenters. The quantitative estimate of drug-likeness (QED) is 0.112. The molecule has 172 valence electrons. The Kier molecular flexibility index (Phi) is 19.6. The Hall–Kier alpha value is -0.190. The smallest absolute Gasteiger partial charge is 0.550 e. The molecule has 0 aliphatic rings. The molecule has 0 spiro atoms. The zero-order valence-corrected chi connectivity index (χ0v) is 21.4. The first kappa shape index (κ1) is 32.0. The number of carboxylic acids is 1. The maximum Gasteiger partial charge on any atom is 1.00 e. The summed E-state index contributed by atoms with van der Waals surface area (Å²) in [6, 6.07) is 0. The molecule has 0 rings (SSSR count). The summed E-state index contributed by atoms with van der Waals surface area (Å²) in [4.78, 5) is 23.0. The Morgan fingerprint density at radius 3 is 1.80 bits per heavy atom. The molecule has 0 aliphatic carbocycles. The fourth-order valence-electron chi connectivity index (χ4n) is 3.12. The second-order valence-corrected chi connectivity index (χ2v) is 9.21. The minimum atomic E-state index is -4.17. The van der Waals surface area contributed by atoms with Gasteiger partial charge in [0, 0.05) is 12.4 Å². The van der Waals surface area contributed by atoms with Gasteiger partial charge in [0.15, 0.2) is 5.60 Å². The average molecular weight is 461 g/mol. The van der Waals surface area contributed by atoms with Crippen LogP contribution in [0.4, 0.5) is 0 Å². The minimum absolute atomic E-state index is 0. The molecule has 0 radical (unpaired) electrons. The topological polar surface area (TPSA) is 141 Å². The number of ether oxygens (including phenoxy) is 1. The summed E-state index contributed by atoms with van der Waals surface area (Å²) in [5, 5.41) is 21.3. The number of hydrogen-bond acceptors (Lipinski definition) is 7. The van der Waals surface area contributed by atoms with E-state index >= 15 is 0 Å². The number of carboxylic acid groups (broad SMARTS) is 1. The van der Waals surface area contributed by atoms with E-state index in [9.17, 15) is 28.2 Å². The van der Waals surface area contributed by atoms with Crippen LogP contribution in [0.2, 0.25) is 0 Å². The molecule has 0 aromatic carbocycles. The predicted molar refractivity (Wildman–Crippen MR) is 108 cm³/mol. The van der Waals surface area contributed by atoms with E-state index in [0.29, 0.717) is 6.42 Å². The zero-order chi connectivity index (χ0) is 22.2. The van der Waals surface area contributed by atoms with Crippen molar-refractivity contribution >= 4 is 22.1 Å². The molecule has 0 aromatic rings. The third kappa shape index (κ3) is 18.6. The van der Waals surface area contributed by atoms with Gasteiger partial charge in [0.1, 0.15) is 0 Å². The molecule has 30 heavy (non-hydrogen) atoms. The molecule has 0 saturated carbocycles. The molecule has 0 saturated heterocycles. The van der Waals surface area contributed by atoms with E-state index in [1.54, 1.807) is 0 Å². The van der Waals surface area contributed by atoms with Crippen LogP contribution in [0.25, 0.3) is 0 Å². The van der Waals surface area contributed by atoms with Crippen molar-refractivity contribution in [3.63, 3.8) is 0 Å². The molecule has 10 heteroatoms. The minimum Gasteiger partial charge on any atom is -0.550 e. The van der Waals surface area contributed by atoms with E-state index in [0.717, 1.165) is 25.7 Å². The molecule has 0 aliphatic heterocycles. The maximum absolute atomic E-state index is 12.1. The van der Waals surface area contributed by atoms with Crippen LogP contribution >= 0.6 is 0 Å². The first-order valence-electron chi connectivity index (χ1n) is 10.7. The fourth-order valence-corrected chi connectivity index (χ4v) is 3.61. The van der Waals surface area contributed by atoms with Gasteiger partial charge in [-0.3, -0.25) is 4.55 Å². The van der Waals surface area contributed by atoms with Gasteiger partial charge in [0.2, 0.25) is 0 Å². The number of unbranched alkanes of at least 4 members (excludes halogenated alkanes) is 10. The largest absolute Gasteiger partial charge is 1.00 e. The fraction of sp³-hybridized carbons (Fsp3) is 0.900. The molecule has 0 aromatic heterocycles. The van der Waals surface area contributed by atoms with Gasteiger partial charge in [0.25, 0.3) is 10.1 Å². The maximum atomic E-state index is 12.1. The van der Waals surface area contributed by atoms with Crippen LogP contribution in [0.3, 0.4) is 0 Å². The molecular formula is C20H37NaO8S. The number of hydrogen-bond donors (Lipinski definition) is 2. The van der Waals surface area contributed by atoms with E-state index in [1.807, 2.05) is 0 Å².